The summed E-state index contributed by atoms with van der Waals surface area (Å²) in [6.45, 7) is 6.44. The number of hydrogen-bond acceptors (Lipinski definition) is 4. The predicted octanol–water partition coefficient (Wildman–Crippen LogP) is 1.11. The molecule has 104 valence electrons. The maximum atomic E-state index is 11.9. The van der Waals surface area contributed by atoms with Crippen LogP contribution in [0.25, 0.3) is 0 Å². The van der Waals surface area contributed by atoms with Gasteiger partial charge in [-0.2, -0.15) is 0 Å². The van der Waals surface area contributed by atoms with Gasteiger partial charge in [-0.25, -0.2) is 4.79 Å². The van der Waals surface area contributed by atoms with E-state index in [0.29, 0.717) is 19.1 Å². The molecule has 2 rings (SSSR count). The maximum absolute atomic E-state index is 11.9. The quantitative estimate of drug-likeness (QED) is 0.777. The van der Waals surface area contributed by atoms with E-state index in [1.54, 1.807) is 4.90 Å². The number of carbonyl (C=O) groups excluding carboxylic acids is 1. The summed E-state index contributed by atoms with van der Waals surface area (Å²) in [5.41, 5.74) is -0.485. The molecule has 0 unspecified atom stereocenters. The second-order valence-corrected chi connectivity index (χ2v) is 6.35. The minimum absolute atomic E-state index is 0.0113. The Morgan fingerprint density at radius 3 is 2.50 bits per heavy atom. The van der Waals surface area contributed by atoms with Crippen LogP contribution in [0.4, 0.5) is 4.79 Å². The topological polar surface area (TPSA) is 61.8 Å². The van der Waals surface area contributed by atoms with Gasteiger partial charge in [-0.1, -0.05) is 6.42 Å². The molecule has 2 fully saturated rings. The molecule has 0 spiro atoms. The zero-order valence-electron chi connectivity index (χ0n) is 11.5. The highest BCUT2D eigenvalue weighted by molar-refractivity contribution is 5.68. The lowest BCUT2D eigenvalue weighted by molar-refractivity contribution is 0.0270. The zero-order chi connectivity index (χ0) is 13.3. The molecule has 5 heteroatoms. The molecular weight excluding hydrogens is 232 g/mol. The van der Waals surface area contributed by atoms with Gasteiger partial charge in [0, 0.05) is 12.6 Å². The summed E-state index contributed by atoms with van der Waals surface area (Å²) in [4.78, 5) is 13.5. The number of amides is 1. The van der Waals surface area contributed by atoms with Gasteiger partial charge < -0.3 is 20.1 Å². The molecule has 1 saturated carbocycles. The van der Waals surface area contributed by atoms with Crippen molar-refractivity contribution in [3.05, 3.63) is 0 Å². The summed E-state index contributed by atoms with van der Waals surface area (Å²) in [7, 11) is 0. The lowest BCUT2D eigenvalue weighted by atomic mass is 9.92. The first-order valence-electron chi connectivity index (χ1n) is 6.77. The molecule has 1 aliphatic heterocycles. The molecule has 0 aromatic rings. The van der Waals surface area contributed by atoms with Crippen LogP contribution < -0.4 is 5.32 Å². The van der Waals surface area contributed by atoms with E-state index in [2.05, 4.69) is 5.32 Å². The van der Waals surface area contributed by atoms with Crippen molar-refractivity contribution in [2.45, 2.75) is 63.8 Å². The van der Waals surface area contributed by atoms with Gasteiger partial charge in [0.2, 0.25) is 0 Å². The van der Waals surface area contributed by atoms with Crippen LogP contribution in [-0.2, 0) is 4.74 Å². The molecular formula is C13H24N2O3. The van der Waals surface area contributed by atoms with E-state index in [1.807, 2.05) is 20.8 Å². The van der Waals surface area contributed by atoms with Crippen molar-refractivity contribution in [1.82, 2.24) is 10.2 Å². The minimum Gasteiger partial charge on any atom is -0.444 e. The van der Waals surface area contributed by atoms with Gasteiger partial charge in [-0.15, -0.1) is 0 Å². The molecule has 2 aliphatic rings. The van der Waals surface area contributed by atoms with Crippen LogP contribution in [0.1, 0.15) is 40.0 Å². The Balaban J connectivity index is 1.83. The van der Waals surface area contributed by atoms with Gasteiger partial charge in [-0.3, -0.25) is 0 Å². The maximum Gasteiger partial charge on any atom is 0.410 e. The average Bonchev–Trinajstić information content (AvgIpc) is 2.51. The SMILES string of the molecule is CC(C)(C)OC(=O)N1C[C@@H](O)[C@H](NC2CCC2)C1. The van der Waals surface area contributed by atoms with E-state index in [-0.39, 0.29) is 12.1 Å². The highest BCUT2D eigenvalue weighted by Gasteiger charge is 2.37. The molecule has 1 saturated heterocycles. The molecule has 1 aliphatic carbocycles. The Labute approximate surface area is 108 Å². The molecule has 1 amide bonds. The van der Waals surface area contributed by atoms with E-state index in [4.69, 9.17) is 4.74 Å². The average molecular weight is 256 g/mol. The summed E-state index contributed by atoms with van der Waals surface area (Å²) in [6.07, 6.45) is 2.79. The summed E-state index contributed by atoms with van der Waals surface area (Å²) in [5.74, 6) is 0. The van der Waals surface area contributed by atoms with Crippen LogP contribution in [-0.4, -0.2) is 53.0 Å². The largest absolute Gasteiger partial charge is 0.444 e. The highest BCUT2D eigenvalue weighted by Crippen LogP contribution is 2.22. The van der Waals surface area contributed by atoms with Crippen LogP contribution >= 0.6 is 0 Å². The molecule has 1 heterocycles. The van der Waals surface area contributed by atoms with Crippen molar-refractivity contribution in [2.24, 2.45) is 0 Å². The second kappa shape index (κ2) is 5.05. The Hall–Kier alpha value is -0.810. The number of carbonyl (C=O) groups is 1. The number of nitrogens with one attached hydrogen (secondary N) is 1. The monoisotopic (exact) mass is 256 g/mol. The Morgan fingerprint density at radius 1 is 1.33 bits per heavy atom. The van der Waals surface area contributed by atoms with E-state index < -0.39 is 11.7 Å². The van der Waals surface area contributed by atoms with Crippen LogP contribution in [0.3, 0.4) is 0 Å². The Morgan fingerprint density at radius 2 is 2.00 bits per heavy atom. The highest BCUT2D eigenvalue weighted by atomic mass is 16.6. The fourth-order valence-electron chi connectivity index (χ4n) is 2.30. The molecule has 18 heavy (non-hydrogen) atoms. The van der Waals surface area contributed by atoms with Gasteiger partial charge in [0.25, 0.3) is 0 Å². The Kier molecular flexibility index (Phi) is 3.82. The van der Waals surface area contributed by atoms with Crippen LogP contribution in [0, 0.1) is 0 Å². The first-order valence-corrected chi connectivity index (χ1v) is 6.77. The van der Waals surface area contributed by atoms with Gasteiger partial charge in [0.15, 0.2) is 0 Å². The molecule has 0 bridgehead atoms. The first-order chi connectivity index (χ1) is 8.35. The van der Waals surface area contributed by atoms with Gasteiger partial charge in [0.1, 0.15) is 5.60 Å². The van der Waals surface area contributed by atoms with Gasteiger partial charge >= 0.3 is 6.09 Å². The van der Waals surface area contributed by atoms with Crippen molar-refractivity contribution in [2.75, 3.05) is 13.1 Å². The van der Waals surface area contributed by atoms with E-state index in [1.165, 1.54) is 19.3 Å². The predicted molar refractivity (Wildman–Crippen MR) is 68.4 cm³/mol. The van der Waals surface area contributed by atoms with Crippen molar-refractivity contribution in [3.8, 4) is 0 Å². The molecule has 0 aromatic carbocycles. The molecule has 2 N–H and O–H groups in total. The first kappa shape index (κ1) is 13.6. The number of rotatable bonds is 2. The fourth-order valence-corrected chi connectivity index (χ4v) is 2.30. The zero-order valence-corrected chi connectivity index (χ0v) is 11.5. The second-order valence-electron chi connectivity index (χ2n) is 6.35. The summed E-state index contributed by atoms with van der Waals surface area (Å²) in [5, 5.41) is 13.4. The number of β-amino-alcohol motifs (C(OH)–C–C–N with tert-alkyl or cyclic N) is 1. The number of ether oxygens (including phenoxy) is 1. The lowest BCUT2D eigenvalue weighted by Gasteiger charge is -2.30. The van der Waals surface area contributed by atoms with Crippen molar-refractivity contribution < 1.29 is 14.6 Å². The van der Waals surface area contributed by atoms with Crippen molar-refractivity contribution in [3.63, 3.8) is 0 Å². The summed E-state index contributed by atoms with van der Waals surface area (Å²) < 4.78 is 5.31. The number of nitrogens with zero attached hydrogens (tertiary/aromatic N) is 1. The van der Waals surface area contributed by atoms with Crippen LogP contribution in [0.15, 0.2) is 0 Å². The van der Waals surface area contributed by atoms with Crippen molar-refractivity contribution in [1.29, 1.82) is 0 Å². The van der Waals surface area contributed by atoms with Gasteiger partial charge in [-0.05, 0) is 33.6 Å². The van der Waals surface area contributed by atoms with E-state index >= 15 is 0 Å². The number of likely N-dealkylation sites (tertiary alicyclic amines) is 1. The van der Waals surface area contributed by atoms with Gasteiger partial charge in [0.05, 0.1) is 18.7 Å². The third kappa shape index (κ3) is 3.36. The van der Waals surface area contributed by atoms with Crippen LogP contribution in [0.2, 0.25) is 0 Å². The number of aliphatic hydroxyl groups excluding tert-OH is 1. The number of aliphatic hydroxyl groups is 1. The molecule has 5 nitrogen and oxygen atoms in total. The minimum atomic E-state index is -0.488. The third-order valence-electron chi connectivity index (χ3n) is 3.50. The van der Waals surface area contributed by atoms with E-state index in [9.17, 15) is 9.90 Å². The standard InChI is InChI=1S/C13H24N2O3/c1-13(2,3)18-12(17)15-7-10(11(16)8-15)14-9-5-4-6-9/h9-11,14,16H,4-8H2,1-3H3/t10-,11-/m1/s1. The molecule has 2 atom stereocenters. The lowest BCUT2D eigenvalue weighted by Crippen LogP contribution is -2.48. The summed E-state index contributed by atoms with van der Waals surface area (Å²) >= 11 is 0. The summed E-state index contributed by atoms with van der Waals surface area (Å²) in [6, 6.07) is 0.506. The Bertz CT molecular complexity index is 310. The normalized spacial score (nSPS) is 29.2. The van der Waals surface area contributed by atoms with Crippen LogP contribution in [0.5, 0.6) is 0 Å². The third-order valence-corrected chi connectivity index (χ3v) is 3.50. The smallest absolute Gasteiger partial charge is 0.410 e. The fraction of sp³-hybridized carbons (Fsp3) is 0.923. The molecule has 0 radical (unpaired) electrons. The number of hydrogen-bond donors (Lipinski definition) is 2. The van der Waals surface area contributed by atoms with E-state index in [0.717, 1.165) is 0 Å². The molecule has 0 aromatic heterocycles. The van der Waals surface area contributed by atoms with Crippen molar-refractivity contribution >= 4 is 6.09 Å².